The average molecular weight is 450 g/mol. The third-order valence-corrected chi connectivity index (χ3v) is 5.26. The number of carbonyl (C=O) groups is 1. The number of esters is 1. The number of aromatic nitrogens is 3. The zero-order chi connectivity index (χ0) is 19.6. The van der Waals surface area contributed by atoms with Crippen LogP contribution >= 0.6 is 27.5 Å². The lowest BCUT2D eigenvalue weighted by Gasteiger charge is -2.13. The van der Waals surface area contributed by atoms with Gasteiger partial charge in [-0.1, -0.05) is 18.5 Å². The Morgan fingerprint density at radius 1 is 1.37 bits per heavy atom. The molecule has 27 heavy (non-hydrogen) atoms. The molecule has 0 spiro atoms. The molecule has 2 aromatic heterocycles. The molecule has 0 unspecified atom stereocenters. The van der Waals surface area contributed by atoms with Gasteiger partial charge < -0.3 is 10.1 Å². The Labute approximate surface area is 170 Å². The Morgan fingerprint density at radius 3 is 2.78 bits per heavy atom. The molecule has 6 nitrogen and oxygen atoms in total. The number of halogens is 2. The number of rotatable bonds is 5. The van der Waals surface area contributed by atoms with Crippen molar-refractivity contribution in [3.8, 4) is 5.69 Å². The van der Waals surface area contributed by atoms with Crippen LogP contribution in [0.15, 0.2) is 41.1 Å². The third kappa shape index (κ3) is 3.84. The highest BCUT2D eigenvalue weighted by Crippen LogP contribution is 2.35. The van der Waals surface area contributed by atoms with E-state index in [1.807, 2.05) is 19.9 Å². The van der Waals surface area contributed by atoms with Crippen molar-refractivity contribution in [3.05, 3.63) is 63.0 Å². The quantitative estimate of drug-likeness (QED) is 0.550. The fourth-order valence-electron chi connectivity index (χ4n) is 2.62. The summed E-state index contributed by atoms with van der Waals surface area (Å²) in [6.07, 6.45) is 4.27. The van der Waals surface area contributed by atoms with E-state index in [9.17, 15) is 4.79 Å². The van der Waals surface area contributed by atoms with E-state index in [1.165, 1.54) is 7.11 Å². The number of ether oxygens (including phenoxy) is 1. The summed E-state index contributed by atoms with van der Waals surface area (Å²) in [5.41, 5.74) is 3.84. The Balaban J connectivity index is 2.06. The molecule has 0 atom stereocenters. The van der Waals surface area contributed by atoms with Crippen molar-refractivity contribution < 1.29 is 9.53 Å². The van der Waals surface area contributed by atoms with Crippen molar-refractivity contribution in [2.24, 2.45) is 0 Å². The number of aryl methyl sites for hydroxylation is 2. The highest BCUT2D eigenvalue weighted by atomic mass is 79.9. The molecule has 3 aromatic rings. The minimum atomic E-state index is -0.436. The third-order valence-electron chi connectivity index (χ3n) is 4.11. The molecule has 1 N–H and O–H groups in total. The van der Waals surface area contributed by atoms with Gasteiger partial charge in [0.15, 0.2) is 0 Å². The molecule has 0 amide bonds. The van der Waals surface area contributed by atoms with E-state index in [2.05, 4.69) is 26.2 Å². The Hall–Kier alpha value is -2.38. The van der Waals surface area contributed by atoms with E-state index in [0.29, 0.717) is 16.3 Å². The van der Waals surface area contributed by atoms with Crippen LogP contribution in [0.1, 0.15) is 28.5 Å². The number of hydrogen-bond acceptors (Lipinski definition) is 5. The maximum Gasteiger partial charge on any atom is 0.337 e. The highest BCUT2D eigenvalue weighted by molar-refractivity contribution is 9.10. The van der Waals surface area contributed by atoms with Crippen molar-refractivity contribution in [3.63, 3.8) is 0 Å². The van der Waals surface area contributed by atoms with Gasteiger partial charge in [-0.2, -0.15) is 5.10 Å². The van der Waals surface area contributed by atoms with Gasteiger partial charge in [0.25, 0.3) is 0 Å². The molecule has 0 saturated heterocycles. The first kappa shape index (κ1) is 19.4. The SMILES string of the molecule is CCc1nn(-c2cnccc2C)c(Nc2ccc(C(=O)OC)cc2Cl)c1Br. The molecule has 3 rings (SSSR count). The van der Waals surface area contributed by atoms with Crippen LogP contribution in [-0.2, 0) is 11.2 Å². The number of nitrogens with zero attached hydrogens (tertiary/aromatic N) is 3. The zero-order valence-corrected chi connectivity index (χ0v) is 17.4. The van der Waals surface area contributed by atoms with Gasteiger partial charge in [0.2, 0.25) is 0 Å². The van der Waals surface area contributed by atoms with Crippen LogP contribution in [-0.4, -0.2) is 27.8 Å². The Kier molecular flexibility index (Phi) is 5.82. The lowest BCUT2D eigenvalue weighted by molar-refractivity contribution is 0.0601. The molecular weight excluding hydrogens is 432 g/mol. The topological polar surface area (TPSA) is 69.0 Å². The van der Waals surface area contributed by atoms with Gasteiger partial charge in [-0.15, -0.1) is 0 Å². The predicted octanol–water partition coefficient (Wildman–Crippen LogP) is 5.08. The van der Waals surface area contributed by atoms with Gasteiger partial charge in [-0.05, 0) is 59.1 Å². The number of carbonyl (C=O) groups excluding carboxylic acids is 1. The average Bonchev–Trinajstić information content (AvgIpc) is 2.98. The zero-order valence-electron chi connectivity index (χ0n) is 15.1. The van der Waals surface area contributed by atoms with E-state index in [1.54, 1.807) is 35.3 Å². The number of pyridine rings is 1. The number of anilines is 2. The number of nitrogens with one attached hydrogen (secondary N) is 1. The second-order valence-corrected chi connectivity index (χ2v) is 7.05. The van der Waals surface area contributed by atoms with E-state index in [0.717, 1.165) is 33.7 Å². The lowest BCUT2D eigenvalue weighted by atomic mass is 10.2. The molecule has 0 saturated carbocycles. The summed E-state index contributed by atoms with van der Waals surface area (Å²) in [6, 6.07) is 6.89. The molecule has 1 aromatic carbocycles. The maximum absolute atomic E-state index is 11.7. The minimum absolute atomic E-state index is 0.387. The van der Waals surface area contributed by atoms with Crippen LogP contribution in [0.2, 0.25) is 5.02 Å². The molecule has 0 aliphatic heterocycles. The lowest BCUT2D eigenvalue weighted by Crippen LogP contribution is -2.06. The van der Waals surface area contributed by atoms with Crippen LogP contribution in [0.5, 0.6) is 0 Å². The Morgan fingerprint density at radius 2 is 2.15 bits per heavy atom. The predicted molar refractivity (Wildman–Crippen MR) is 109 cm³/mol. The first-order chi connectivity index (χ1) is 13.0. The molecule has 8 heteroatoms. The summed E-state index contributed by atoms with van der Waals surface area (Å²) >= 11 is 10.0. The number of hydrogen-bond donors (Lipinski definition) is 1. The van der Waals surface area contributed by atoms with Crippen molar-refractivity contribution in [2.75, 3.05) is 12.4 Å². The van der Waals surface area contributed by atoms with E-state index in [4.69, 9.17) is 21.4 Å². The highest BCUT2D eigenvalue weighted by Gasteiger charge is 2.19. The van der Waals surface area contributed by atoms with E-state index < -0.39 is 5.97 Å². The summed E-state index contributed by atoms with van der Waals surface area (Å²) in [4.78, 5) is 15.9. The fourth-order valence-corrected chi connectivity index (χ4v) is 3.47. The van der Waals surface area contributed by atoms with Gasteiger partial charge in [0, 0.05) is 6.20 Å². The molecule has 0 fully saturated rings. The molecular formula is C19H18BrClN4O2. The van der Waals surface area contributed by atoms with Gasteiger partial charge in [-0.3, -0.25) is 4.98 Å². The first-order valence-corrected chi connectivity index (χ1v) is 9.46. The minimum Gasteiger partial charge on any atom is -0.465 e. The molecule has 0 bridgehead atoms. The standard InChI is InChI=1S/C19H18BrClN4O2/c1-4-14-17(20)18(25(24-14)16-10-22-8-7-11(16)2)23-15-6-5-12(9-13(15)21)19(26)27-3/h5-10,23H,4H2,1-3H3. The summed E-state index contributed by atoms with van der Waals surface area (Å²) in [5, 5.41) is 8.41. The summed E-state index contributed by atoms with van der Waals surface area (Å²) in [5.74, 6) is 0.296. The van der Waals surface area contributed by atoms with Crippen LogP contribution in [0.3, 0.4) is 0 Å². The van der Waals surface area contributed by atoms with Gasteiger partial charge in [-0.25, -0.2) is 9.48 Å². The van der Waals surface area contributed by atoms with Crippen LogP contribution < -0.4 is 5.32 Å². The second kappa shape index (κ2) is 8.10. The van der Waals surface area contributed by atoms with Gasteiger partial charge in [0.1, 0.15) is 5.82 Å². The van der Waals surface area contributed by atoms with Crippen molar-refractivity contribution in [1.82, 2.24) is 14.8 Å². The summed E-state index contributed by atoms with van der Waals surface area (Å²) in [6.45, 7) is 4.04. The maximum atomic E-state index is 11.7. The molecule has 0 radical (unpaired) electrons. The molecule has 0 aliphatic carbocycles. The normalized spacial score (nSPS) is 10.7. The number of benzene rings is 1. The molecule has 140 valence electrons. The Bertz CT molecular complexity index is 1000. The van der Waals surface area contributed by atoms with Gasteiger partial charge >= 0.3 is 5.97 Å². The summed E-state index contributed by atoms with van der Waals surface area (Å²) in [7, 11) is 1.33. The number of methoxy groups -OCH3 is 1. The molecule has 0 aliphatic rings. The second-order valence-electron chi connectivity index (χ2n) is 5.85. The first-order valence-electron chi connectivity index (χ1n) is 8.29. The largest absolute Gasteiger partial charge is 0.465 e. The van der Waals surface area contributed by atoms with Crippen LogP contribution in [0, 0.1) is 6.92 Å². The van der Waals surface area contributed by atoms with Crippen molar-refractivity contribution in [1.29, 1.82) is 0 Å². The van der Waals surface area contributed by atoms with Crippen LogP contribution in [0.4, 0.5) is 11.5 Å². The monoisotopic (exact) mass is 448 g/mol. The summed E-state index contributed by atoms with van der Waals surface area (Å²) < 4.78 is 7.38. The van der Waals surface area contributed by atoms with E-state index >= 15 is 0 Å². The fraction of sp³-hybridized carbons (Fsp3) is 0.211. The molecule has 2 heterocycles. The van der Waals surface area contributed by atoms with Crippen molar-refractivity contribution in [2.45, 2.75) is 20.3 Å². The van der Waals surface area contributed by atoms with Crippen molar-refractivity contribution >= 4 is 45.0 Å². The van der Waals surface area contributed by atoms with E-state index in [-0.39, 0.29) is 0 Å². The van der Waals surface area contributed by atoms with Gasteiger partial charge in [0.05, 0.1) is 45.4 Å². The van der Waals surface area contributed by atoms with Crippen LogP contribution in [0.25, 0.3) is 5.69 Å². The smallest absolute Gasteiger partial charge is 0.337 e.